The van der Waals surface area contributed by atoms with Gasteiger partial charge in [0.05, 0.1) is 6.04 Å². The molecule has 0 aromatic carbocycles. The number of likely N-dealkylation sites (N-methyl/N-ethyl adjacent to an activating group) is 1. The van der Waals surface area contributed by atoms with Crippen LogP contribution in [0.4, 0.5) is 0 Å². The SMILES string of the molecule is CCN(C(C)C)[C@H]1CN(CCCOC)S(=O)(=O)c2sc(S(N)(=O)=O)cc21. The van der Waals surface area contributed by atoms with E-state index < -0.39 is 20.0 Å². The molecule has 2 N–H and O–H groups in total. The van der Waals surface area contributed by atoms with Crippen molar-refractivity contribution in [2.75, 3.05) is 33.4 Å². The molecule has 26 heavy (non-hydrogen) atoms. The Bertz CT molecular complexity index is 833. The van der Waals surface area contributed by atoms with Crippen LogP contribution in [0.25, 0.3) is 0 Å². The van der Waals surface area contributed by atoms with Gasteiger partial charge in [0.1, 0.15) is 8.42 Å². The lowest BCUT2D eigenvalue weighted by Crippen LogP contribution is -2.47. The fraction of sp³-hybridized carbons (Fsp3) is 0.733. The van der Waals surface area contributed by atoms with Gasteiger partial charge in [0.15, 0.2) is 0 Å². The maximum atomic E-state index is 13.0. The lowest BCUT2D eigenvalue weighted by Gasteiger charge is -2.40. The third-order valence-electron chi connectivity index (χ3n) is 4.48. The van der Waals surface area contributed by atoms with Gasteiger partial charge in [0, 0.05) is 38.4 Å². The molecule has 0 saturated heterocycles. The lowest BCUT2D eigenvalue weighted by molar-refractivity contribution is 0.129. The Morgan fingerprint density at radius 1 is 1.46 bits per heavy atom. The highest BCUT2D eigenvalue weighted by Crippen LogP contribution is 2.42. The maximum absolute atomic E-state index is 13.0. The molecular weight excluding hydrogens is 398 g/mol. The molecule has 0 saturated carbocycles. The molecule has 1 aliphatic heterocycles. The fourth-order valence-electron chi connectivity index (χ4n) is 3.27. The highest BCUT2D eigenvalue weighted by Gasteiger charge is 2.42. The Kier molecular flexibility index (Phi) is 6.86. The maximum Gasteiger partial charge on any atom is 0.252 e. The van der Waals surface area contributed by atoms with E-state index in [1.807, 2.05) is 20.8 Å². The second-order valence-corrected chi connectivity index (χ2v) is 11.5. The molecule has 11 heteroatoms. The Labute approximate surface area is 160 Å². The molecule has 0 bridgehead atoms. The van der Waals surface area contributed by atoms with Crippen LogP contribution in [0.1, 0.15) is 38.8 Å². The molecule has 2 rings (SSSR count). The van der Waals surface area contributed by atoms with Crippen LogP contribution in [0, 0.1) is 0 Å². The zero-order valence-electron chi connectivity index (χ0n) is 15.5. The zero-order valence-corrected chi connectivity index (χ0v) is 18.0. The van der Waals surface area contributed by atoms with Crippen LogP contribution in [0.5, 0.6) is 0 Å². The van der Waals surface area contributed by atoms with Gasteiger partial charge in [-0.05, 0) is 32.9 Å². The summed E-state index contributed by atoms with van der Waals surface area (Å²) in [5, 5.41) is 5.25. The van der Waals surface area contributed by atoms with Crippen LogP contribution < -0.4 is 5.14 Å². The summed E-state index contributed by atoms with van der Waals surface area (Å²) in [6.45, 7) is 7.86. The van der Waals surface area contributed by atoms with Crippen LogP contribution in [0.3, 0.4) is 0 Å². The Hall–Kier alpha value is -0.560. The van der Waals surface area contributed by atoms with Gasteiger partial charge in [-0.25, -0.2) is 22.0 Å². The molecule has 0 fully saturated rings. The van der Waals surface area contributed by atoms with E-state index in [9.17, 15) is 16.8 Å². The second kappa shape index (κ2) is 8.21. The molecule has 8 nitrogen and oxygen atoms in total. The molecular formula is C15H27N3O5S3. The smallest absolute Gasteiger partial charge is 0.252 e. The van der Waals surface area contributed by atoms with Gasteiger partial charge in [-0.3, -0.25) is 4.90 Å². The molecule has 0 spiro atoms. The largest absolute Gasteiger partial charge is 0.385 e. The lowest BCUT2D eigenvalue weighted by atomic mass is 10.1. The molecule has 0 aliphatic carbocycles. The van der Waals surface area contributed by atoms with Crippen molar-refractivity contribution < 1.29 is 21.6 Å². The number of nitrogens with two attached hydrogens (primary N) is 1. The van der Waals surface area contributed by atoms with Crippen LogP contribution in [-0.2, 0) is 24.8 Å². The molecule has 1 aromatic rings. The van der Waals surface area contributed by atoms with Crippen LogP contribution >= 0.6 is 11.3 Å². The predicted molar refractivity (Wildman–Crippen MR) is 101 cm³/mol. The van der Waals surface area contributed by atoms with E-state index in [1.165, 1.54) is 10.4 Å². The van der Waals surface area contributed by atoms with Crippen molar-refractivity contribution in [1.29, 1.82) is 0 Å². The fourth-order valence-corrected chi connectivity index (χ4v) is 7.56. The molecule has 0 radical (unpaired) electrons. The van der Waals surface area contributed by atoms with Gasteiger partial charge in [0.2, 0.25) is 10.0 Å². The van der Waals surface area contributed by atoms with Crippen molar-refractivity contribution in [3.8, 4) is 0 Å². The first-order valence-electron chi connectivity index (χ1n) is 8.45. The summed E-state index contributed by atoms with van der Waals surface area (Å²) in [4.78, 5) is 2.16. The topological polar surface area (TPSA) is 110 Å². The first-order chi connectivity index (χ1) is 12.0. The standard InChI is InChI=1S/C15H27N3O5S3/c1-5-18(11(2)3)13-10-17(7-6-8-23-4)26(21,22)15-12(13)9-14(24-15)25(16,19)20/h9,11,13H,5-8,10H2,1-4H3,(H2,16,19,20)/t13-/m0/s1. The monoisotopic (exact) mass is 425 g/mol. The van der Waals surface area contributed by atoms with Gasteiger partial charge >= 0.3 is 0 Å². The van der Waals surface area contributed by atoms with Gasteiger partial charge in [-0.2, -0.15) is 4.31 Å². The van der Waals surface area contributed by atoms with Crippen molar-refractivity contribution in [3.05, 3.63) is 11.6 Å². The summed E-state index contributed by atoms with van der Waals surface area (Å²) in [5.41, 5.74) is 0.526. The molecule has 1 atom stereocenters. The molecule has 150 valence electrons. The number of methoxy groups -OCH3 is 1. The van der Waals surface area contributed by atoms with Gasteiger partial charge < -0.3 is 4.74 Å². The minimum atomic E-state index is -3.96. The molecule has 0 unspecified atom stereocenters. The van der Waals surface area contributed by atoms with Crippen LogP contribution in [0.2, 0.25) is 0 Å². The highest BCUT2D eigenvalue weighted by molar-refractivity contribution is 7.94. The van der Waals surface area contributed by atoms with E-state index in [0.717, 1.165) is 11.3 Å². The van der Waals surface area contributed by atoms with Crippen molar-refractivity contribution >= 4 is 31.4 Å². The van der Waals surface area contributed by atoms with Crippen molar-refractivity contribution in [2.45, 2.75) is 47.7 Å². The number of sulfonamides is 2. The van der Waals surface area contributed by atoms with Crippen molar-refractivity contribution in [3.63, 3.8) is 0 Å². The normalized spacial score (nSPS) is 20.7. The number of nitrogens with zero attached hydrogens (tertiary/aromatic N) is 2. The van der Waals surface area contributed by atoms with Crippen LogP contribution in [-0.4, -0.2) is 65.4 Å². The van der Waals surface area contributed by atoms with Gasteiger partial charge in [0.25, 0.3) is 10.0 Å². The van der Waals surface area contributed by atoms with Gasteiger partial charge in [-0.15, -0.1) is 11.3 Å². The Morgan fingerprint density at radius 3 is 2.62 bits per heavy atom. The minimum Gasteiger partial charge on any atom is -0.385 e. The first-order valence-corrected chi connectivity index (χ1v) is 12.3. The summed E-state index contributed by atoms with van der Waals surface area (Å²) in [5.74, 6) is 0. The van der Waals surface area contributed by atoms with E-state index in [0.29, 0.717) is 31.7 Å². The third-order valence-corrected chi connectivity index (χ3v) is 9.44. The second-order valence-electron chi connectivity index (χ2n) is 6.50. The highest BCUT2D eigenvalue weighted by atomic mass is 32.3. The molecule has 0 amide bonds. The van der Waals surface area contributed by atoms with E-state index in [2.05, 4.69) is 4.90 Å². The zero-order chi connectivity index (χ0) is 19.7. The summed E-state index contributed by atoms with van der Waals surface area (Å²) in [6.07, 6.45) is 0.568. The number of hydrogen-bond donors (Lipinski definition) is 1. The number of fused-ring (bicyclic) bond motifs is 1. The summed E-state index contributed by atoms with van der Waals surface area (Å²) >= 11 is 0.735. The molecule has 1 aromatic heterocycles. The van der Waals surface area contributed by atoms with Gasteiger partial charge in [-0.1, -0.05) is 6.92 Å². The number of rotatable bonds is 8. The summed E-state index contributed by atoms with van der Waals surface area (Å²) in [7, 11) is -6.15. The number of ether oxygens (including phenoxy) is 1. The Morgan fingerprint density at radius 2 is 2.12 bits per heavy atom. The van der Waals surface area contributed by atoms with Crippen molar-refractivity contribution in [1.82, 2.24) is 9.21 Å². The summed E-state index contributed by atoms with van der Waals surface area (Å²) < 4.78 is 56.0. The number of primary sulfonamides is 1. The van der Waals surface area contributed by atoms with E-state index >= 15 is 0 Å². The van der Waals surface area contributed by atoms with E-state index in [4.69, 9.17) is 9.88 Å². The van der Waals surface area contributed by atoms with Crippen LogP contribution in [0.15, 0.2) is 14.5 Å². The minimum absolute atomic E-state index is 0.0780. The summed E-state index contributed by atoms with van der Waals surface area (Å²) in [6, 6.07) is 1.39. The average Bonchev–Trinajstić information content (AvgIpc) is 2.98. The molecule has 1 aliphatic rings. The first kappa shape index (κ1) is 21.7. The van der Waals surface area contributed by atoms with Crippen molar-refractivity contribution in [2.24, 2.45) is 5.14 Å². The Balaban J connectivity index is 2.56. The molecule has 2 heterocycles. The average molecular weight is 426 g/mol. The quantitative estimate of drug-likeness (QED) is 0.627. The van der Waals surface area contributed by atoms with E-state index in [-0.39, 0.29) is 27.0 Å². The number of thiophene rings is 1. The van der Waals surface area contributed by atoms with E-state index in [1.54, 1.807) is 7.11 Å². The number of hydrogen-bond acceptors (Lipinski definition) is 7. The third kappa shape index (κ3) is 4.29. The predicted octanol–water partition coefficient (Wildman–Crippen LogP) is 1.21.